The first-order valence-electron chi connectivity index (χ1n) is 7.52. The lowest BCUT2D eigenvalue weighted by molar-refractivity contribution is 0.163. The molecule has 0 spiro atoms. The van der Waals surface area contributed by atoms with Gasteiger partial charge in [-0.3, -0.25) is 4.98 Å². The summed E-state index contributed by atoms with van der Waals surface area (Å²) in [6.07, 6.45) is 2.59. The van der Waals surface area contributed by atoms with Crippen LogP contribution in [0.1, 0.15) is 37.6 Å². The molecule has 0 radical (unpaired) electrons. The Bertz CT molecular complexity index is 584. The minimum absolute atomic E-state index is 0.0864. The van der Waals surface area contributed by atoms with Gasteiger partial charge in [0.25, 0.3) is 0 Å². The van der Waals surface area contributed by atoms with E-state index in [2.05, 4.69) is 4.98 Å². The molecule has 0 aliphatic heterocycles. The van der Waals surface area contributed by atoms with Gasteiger partial charge in [0.15, 0.2) is 11.5 Å². The number of hydrogen-bond donors (Lipinski definition) is 1. The second-order valence-electron chi connectivity index (χ2n) is 5.46. The van der Waals surface area contributed by atoms with Gasteiger partial charge in [-0.15, -0.1) is 0 Å². The predicted molar refractivity (Wildman–Crippen MR) is 86.3 cm³/mol. The first-order valence-corrected chi connectivity index (χ1v) is 7.52. The molecule has 0 saturated heterocycles. The summed E-state index contributed by atoms with van der Waals surface area (Å²) in [6.45, 7) is 3.97. The molecule has 1 heterocycles. The van der Waals surface area contributed by atoms with Gasteiger partial charge < -0.3 is 14.6 Å². The lowest BCUT2D eigenvalue weighted by atomic mass is 10.0. The first kappa shape index (κ1) is 16.3. The van der Waals surface area contributed by atoms with Crippen molar-refractivity contribution in [1.82, 2.24) is 4.98 Å². The number of aromatic nitrogens is 1. The number of hydrogen-bond acceptors (Lipinski definition) is 4. The van der Waals surface area contributed by atoms with Crippen molar-refractivity contribution in [2.75, 3.05) is 7.11 Å². The molecule has 0 fully saturated rings. The lowest BCUT2D eigenvalue weighted by Crippen LogP contribution is -2.07. The summed E-state index contributed by atoms with van der Waals surface area (Å²) >= 11 is 0. The summed E-state index contributed by atoms with van der Waals surface area (Å²) in [6, 6.07) is 11.4. The largest absolute Gasteiger partial charge is 0.493 e. The van der Waals surface area contributed by atoms with Crippen LogP contribution in [0.15, 0.2) is 42.6 Å². The fourth-order valence-corrected chi connectivity index (χ4v) is 2.25. The number of aliphatic hydroxyl groups is 1. The van der Waals surface area contributed by atoms with Crippen LogP contribution in [0.3, 0.4) is 0 Å². The van der Waals surface area contributed by atoms with Crippen molar-refractivity contribution in [1.29, 1.82) is 0 Å². The maximum Gasteiger partial charge on any atom is 0.161 e. The van der Waals surface area contributed by atoms with Gasteiger partial charge in [0, 0.05) is 6.20 Å². The highest BCUT2D eigenvalue weighted by molar-refractivity contribution is 5.43. The molecule has 2 aromatic rings. The molecule has 0 bridgehead atoms. The molecule has 4 nitrogen and oxygen atoms in total. The van der Waals surface area contributed by atoms with Gasteiger partial charge in [-0.1, -0.05) is 12.1 Å². The highest BCUT2D eigenvalue weighted by Crippen LogP contribution is 2.30. The van der Waals surface area contributed by atoms with Gasteiger partial charge in [0.05, 0.1) is 25.0 Å². The molecule has 1 aromatic heterocycles. The number of nitrogens with zero attached hydrogens (tertiary/aromatic N) is 1. The number of benzene rings is 1. The second-order valence-corrected chi connectivity index (χ2v) is 5.46. The van der Waals surface area contributed by atoms with E-state index in [4.69, 9.17) is 9.47 Å². The zero-order valence-electron chi connectivity index (χ0n) is 13.3. The number of aryl methyl sites for hydroxylation is 1. The monoisotopic (exact) mass is 301 g/mol. The summed E-state index contributed by atoms with van der Waals surface area (Å²) in [4.78, 5) is 4.18. The minimum Gasteiger partial charge on any atom is -0.493 e. The summed E-state index contributed by atoms with van der Waals surface area (Å²) < 4.78 is 11.1. The number of pyridine rings is 1. The van der Waals surface area contributed by atoms with Crippen molar-refractivity contribution < 1.29 is 14.6 Å². The van der Waals surface area contributed by atoms with Crippen molar-refractivity contribution in [3.05, 3.63) is 53.9 Å². The topological polar surface area (TPSA) is 51.6 Å². The van der Waals surface area contributed by atoms with E-state index in [9.17, 15) is 5.11 Å². The molecule has 0 aliphatic carbocycles. The molecule has 0 amide bonds. The molecule has 2 rings (SSSR count). The summed E-state index contributed by atoms with van der Waals surface area (Å²) in [5.74, 6) is 1.46. The SMILES string of the molecule is COc1ccc(CCC(O)c2ccccn2)cc1OC(C)C. The van der Waals surface area contributed by atoms with Crippen molar-refractivity contribution in [2.45, 2.75) is 38.9 Å². The zero-order chi connectivity index (χ0) is 15.9. The van der Waals surface area contributed by atoms with E-state index < -0.39 is 6.10 Å². The average molecular weight is 301 g/mol. The Hall–Kier alpha value is -2.07. The first-order chi connectivity index (χ1) is 10.6. The van der Waals surface area contributed by atoms with Crippen LogP contribution in [0.5, 0.6) is 11.5 Å². The molecule has 1 aromatic carbocycles. The highest BCUT2D eigenvalue weighted by atomic mass is 16.5. The van der Waals surface area contributed by atoms with E-state index in [-0.39, 0.29) is 6.10 Å². The smallest absolute Gasteiger partial charge is 0.161 e. The number of ether oxygens (including phenoxy) is 2. The molecule has 1 N–H and O–H groups in total. The van der Waals surface area contributed by atoms with Crippen LogP contribution >= 0.6 is 0 Å². The third kappa shape index (κ3) is 4.46. The Labute approximate surface area is 131 Å². The number of methoxy groups -OCH3 is 1. The van der Waals surface area contributed by atoms with Crippen molar-refractivity contribution in [2.24, 2.45) is 0 Å². The molecule has 4 heteroatoms. The Morgan fingerprint density at radius 2 is 1.95 bits per heavy atom. The third-order valence-corrected chi connectivity index (χ3v) is 3.33. The van der Waals surface area contributed by atoms with Gasteiger partial charge in [-0.05, 0) is 56.5 Å². The fraction of sp³-hybridized carbons (Fsp3) is 0.389. The van der Waals surface area contributed by atoms with Crippen LogP contribution in [-0.2, 0) is 6.42 Å². The summed E-state index contributed by atoms with van der Waals surface area (Å²) in [7, 11) is 1.63. The molecule has 0 aliphatic rings. The van der Waals surface area contributed by atoms with Crippen LogP contribution in [0, 0.1) is 0 Å². The van der Waals surface area contributed by atoms with Crippen LogP contribution < -0.4 is 9.47 Å². The second kappa shape index (κ2) is 7.80. The van der Waals surface area contributed by atoms with Crippen LogP contribution in [0.4, 0.5) is 0 Å². The molecule has 1 unspecified atom stereocenters. The van der Waals surface area contributed by atoms with Gasteiger partial charge in [-0.25, -0.2) is 0 Å². The fourth-order valence-electron chi connectivity index (χ4n) is 2.25. The summed E-state index contributed by atoms with van der Waals surface area (Å²) in [5, 5.41) is 10.2. The van der Waals surface area contributed by atoms with Gasteiger partial charge in [0.2, 0.25) is 0 Å². The Morgan fingerprint density at radius 1 is 1.14 bits per heavy atom. The number of aliphatic hydroxyl groups excluding tert-OH is 1. The lowest BCUT2D eigenvalue weighted by Gasteiger charge is -2.15. The predicted octanol–water partition coefficient (Wildman–Crippen LogP) is 3.54. The molecule has 118 valence electrons. The standard InChI is InChI=1S/C18H23NO3/c1-13(2)22-18-12-14(8-10-17(18)21-3)7-9-16(20)15-6-4-5-11-19-15/h4-6,8,10-13,16,20H,7,9H2,1-3H3. The van der Waals surface area contributed by atoms with E-state index in [1.54, 1.807) is 13.3 Å². The van der Waals surface area contributed by atoms with Gasteiger partial charge in [0.1, 0.15) is 0 Å². The maximum atomic E-state index is 10.2. The van der Waals surface area contributed by atoms with Crippen molar-refractivity contribution in [3.63, 3.8) is 0 Å². The van der Waals surface area contributed by atoms with Gasteiger partial charge >= 0.3 is 0 Å². The van der Waals surface area contributed by atoms with E-state index in [0.29, 0.717) is 12.1 Å². The minimum atomic E-state index is -0.558. The Balaban J connectivity index is 2.03. The third-order valence-electron chi connectivity index (χ3n) is 3.33. The van der Waals surface area contributed by atoms with Crippen LogP contribution in [0.25, 0.3) is 0 Å². The molecule has 1 atom stereocenters. The molecule has 22 heavy (non-hydrogen) atoms. The van der Waals surface area contributed by atoms with Gasteiger partial charge in [-0.2, -0.15) is 0 Å². The van der Waals surface area contributed by atoms with Crippen LogP contribution in [-0.4, -0.2) is 23.3 Å². The maximum absolute atomic E-state index is 10.2. The van der Waals surface area contributed by atoms with E-state index >= 15 is 0 Å². The van der Waals surface area contributed by atoms with E-state index in [1.807, 2.05) is 50.2 Å². The highest BCUT2D eigenvalue weighted by Gasteiger charge is 2.11. The average Bonchev–Trinajstić information content (AvgIpc) is 2.53. The Morgan fingerprint density at radius 3 is 2.59 bits per heavy atom. The zero-order valence-corrected chi connectivity index (χ0v) is 13.3. The number of rotatable bonds is 7. The van der Waals surface area contributed by atoms with E-state index in [1.165, 1.54) is 0 Å². The van der Waals surface area contributed by atoms with Crippen molar-refractivity contribution >= 4 is 0 Å². The van der Waals surface area contributed by atoms with Crippen LogP contribution in [0.2, 0.25) is 0 Å². The normalized spacial score (nSPS) is 12.2. The summed E-state index contributed by atoms with van der Waals surface area (Å²) in [5.41, 5.74) is 1.81. The molecular formula is C18H23NO3. The van der Waals surface area contributed by atoms with Crippen molar-refractivity contribution in [3.8, 4) is 11.5 Å². The molecule has 0 saturated carbocycles. The quantitative estimate of drug-likeness (QED) is 0.850. The van der Waals surface area contributed by atoms with E-state index in [0.717, 1.165) is 23.5 Å². The Kier molecular flexibility index (Phi) is 5.78. The molecular weight excluding hydrogens is 278 g/mol.